The van der Waals surface area contributed by atoms with Gasteiger partial charge in [-0.25, -0.2) is 0 Å². The Balaban J connectivity index is 1.73. The van der Waals surface area contributed by atoms with Crippen LogP contribution in [0.25, 0.3) is 0 Å². The quantitative estimate of drug-likeness (QED) is 0.781. The number of nitrogens with zero attached hydrogens (tertiary/aromatic N) is 4. The molecule has 2 amide bonds. The summed E-state index contributed by atoms with van der Waals surface area (Å²) in [5.74, 6) is 0.0863. The third kappa shape index (κ3) is 2.70. The first kappa shape index (κ1) is 13.9. The smallest absolute Gasteiger partial charge is 0.274 e. The molecule has 3 heterocycles. The second-order valence-electron chi connectivity index (χ2n) is 5.55. The zero-order valence-electron chi connectivity index (χ0n) is 12.1. The highest BCUT2D eigenvalue weighted by atomic mass is 16.2. The maximum absolute atomic E-state index is 12.3. The summed E-state index contributed by atoms with van der Waals surface area (Å²) in [5, 5.41) is 4.40. The van der Waals surface area contributed by atoms with Gasteiger partial charge >= 0.3 is 0 Å². The number of hydrogen-bond donors (Lipinski definition) is 0. The molecular weight excluding hydrogens is 268 g/mol. The molecule has 3 rings (SSSR count). The molecule has 6 nitrogen and oxygen atoms in total. The second kappa shape index (κ2) is 5.71. The molecule has 1 fully saturated rings. The molecule has 0 aliphatic carbocycles. The van der Waals surface area contributed by atoms with Crippen LogP contribution in [0.4, 0.5) is 0 Å². The Bertz CT molecular complexity index is 572. The average Bonchev–Trinajstić information content (AvgIpc) is 3.15. The molecule has 0 N–H and O–H groups in total. The Morgan fingerprint density at radius 3 is 2.67 bits per heavy atom. The fourth-order valence-electron chi connectivity index (χ4n) is 2.92. The first-order valence-electron chi connectivity index (χ1n) is 7.43. The van der Waals surface area contributed by atoms with Gasteiger partial charge in [-0.15, -0.1) is 6.58 Å². The number of rotatable bonds is 3. The lowest BCUT2D eigenvalue weighted by molar-refractivity contribution is -0.131. The first-order valence-corrected chi connectivity index (χ1v) is 7.43. The van der Waals surface area contributed by atoms with Gasteiger partial charge in [-0.2, -0.15) is 5.10 Å². The fourth-order valence-corrected chi connectivity index (χ4v) is 2.92. The molecule has 0 bridgehead atoms. The van der Waals surface area contributed by atoms with Crippen molar-refractivity contribution in [2.45, 2.75) is 32.4 Å². The lowest BCUT2D eigenvalue weighted by Crippen LogP contribution is -2.38. The summed E-state index contributed by atoms with van der Waals surface area (Å²) in [6.45, 7) is 7.05. The lowest BCUT2D eigenvalue weighted by atomic mass is 10.2. The minimum Gasteiger partial charge on any atom is -0.337 e. The summed E-state index contributed by atoms with van der Waals surface area (Å²) in [6, 6.07) is 1.83. The number of fused-ring (bicyclic) bond motifs is 1. The van der Waals surface area contributed by atoms with Gasteiger partial charge in [0, 0.05) is 26.1 Å². The standard InChI is InChI=1S/C15H20N4O2/c1-2-5-14(20)18-8-9-19-12(11-18)10-13(16-19)15(21)17-6-3-4-7-17/h2,10H,1,3-9,11H2. The van der Waals surface area contributed by atoms with Crippen LogP contribution in [0.5, 0.6) is 0 Å². The van der Waals surface area contributed by atoms with Crippen LogP contribution in [0.2, 0.25) is 0 Å². The van der Waals surface area contributed by atoms with Crippen molar-refractivity contribution >= 4 is 11.8 Å². The van der Waals surface area contributed by atoms with Crippen LogP contribution in [-0.2, 0) is 17.9 Å². The van der Waals surface area contributed by atoms with Crippen LogP contribution in [-0.4, -0.2) is 51.0 Å². The van der Waals surface area contributed by atoms with Crippen molar-refractivity contribution in [1.29, 1.82) is 0 Å². The Hall–Kier alpha value is -2.11. The van der Waals surface area contributed by atoms with Crippen LogP contribution < -0.4 is 0 Å². The molecule has 2 aliphatic heterocycles. The Labute approximate surface area is 124 Å². The zero-order valence-corrected chi connectivity index (χ0v) is 12.1. The van der Waals surface area contributed by atoms with E-state index >= 15 is 0 Å². The van der Waals surface area contributed by atoms with E-state index in [1.165, 1.54) is 0 Å². The molecule has 2 aliphatic rings. The summed E-state index contributed by atoms with van der Waals surface area (Å²) in [7, 11) is 0. The van der Waals surface area contributed by atoms with E-state index in [4.69, 9.17) is 0 Å². The lowest BCUT2D eigenvalue weighted by Gasteiger charge is -2.27. The highest BCUT2D eigenvalue weighted by Crippen LogP contribution is 2.17. The second-order valence-corrected chi connectivity index (χ2v) is 5.55. The van der Waals surface area contributed by atoms with Crippen molar-refractivity contribution in [3.8, 4) is 0 Å². The average molecular weight is 288 g/mol. The number of carbonyl (C=O) groups excluding carboxylic acids is 2. The summed E-state index contributed by atoms with van der Waals surface area (Å²) < 4.78 is 1.85. The molecular formula is C15H20N4O2. The van der Waals surface area contributed by atoms with E-state index in [0.29, 0.717) is 31.7 Å². The predicted molar refractivity (Wildman–Crippen MR) is 77.6 cm³/mol. The van der Waals surface area contributed by atoms with Crippen molar-refractivity contribution in [2.24, 2.45) is 0 Å². The van der Waals surface area contributed by atoms with Gasteiger partial charge in [0.25, 0.3) is 5.91 Å². The number of carbonyl (C=O) groups is 2. The van der Waals surface area contributed by atoms with Gasteiger partial charge in [-0.3, -0.25) is 14.3 Å². The molecule has 1 saturated heterocycles. The topological polar surface area (TPSA) is 58.4 Å². The number of likely N-dealkylation sites (tertiary alicyclic amines) is 1. The number of hydrogen-bond acceptors (Lipinski definition) is 3. The molecule has 6 heteroatoms. The normalized spacial score (nSPS) is 17.7. The van der Waals surface area contributed by atoms with E-state index in [2.05, 4.69) is 11.7 Å². The molecule has 1 aromatic rings. The number of aromatic nitrogens is 2. The Kier molecular flexibility index (Phi) is 3.77. The molecule has 0 spiro atoms. The maximum Gasteiger partial charge on any atom is 0.274 e. The van der Waals surface area contributed by atoms with Crippen LogP contribution >= 0.6 is 0 Å². The first-order chi connectivity index (χ1) is 10.2. The van der Waals surface area contributed by atoms with Crippen LogP contribution in [0.15, 0.2) is 18.7 Å². The summed E-state index contributed by atoms with van der Waals surface area (Å²) in [4.78, 5) is 27.9. The minimum absolute atomic E-state index is 0.0124. The molecule has 0 aromatic carbocycles. The highest BCUT2D eigenvalue weighted by Gasteiger charge is 2.26. The van der Waals surface area contributed by atoms with Gasteiger partial charge in [0.15, 0.2) is 5.69 Å². The molecule has 112 valence electrons. The summed E-state index contributed by atoms with van der Waals surface area (Å²) in [6.07, 6.45) is 4.12. The van der Waals surface area contributed by atoms with Gasteiger partial charge in [-0.05, 0) is 18.9 Å². The van der Waals surface area contributed by atoms with Gasteiger partial charge < -0.3 is 9.80 Å². The maximum atomic E-state index is 12.3. The zero-order chi connectivity index (χ0) is 14.8. The van der Waals surface area contributed by atoms with Crippen molar-refractivity contribution < 1.29 is 9.59 Å². The van der Waals surface area contributed by atoms with E-state index in [-0.39, 0.29) is 11.8 Å². The summed E-state index contributed by atoms with van der Waals surface area (Å²) in [5.41, 5.74) is 1.44. The SMILES string of the molecule is C=CCC(=O)N1CCn2nc(C(=O)N3CCCC3)cc2C1. The van der Waals surface area contributed by atoms with Crippen LogP contribution in [0.1, 0.15) is 35.4 Å². The van der Waals surface area contributed by atoms with Crippen molar-refractivity contribution in [1.82, 2.24) is 19.6 Å². The molecule has 21 heavy (non-hydrogen) atoms. The van der Waals surface area contributed by atoms with Crippen LogP contribution in [0, 0.1) is 0 Å². The third-order valence-corrected chi connectivity index (χ3v) is 4.08. The van der Waals surface area contributed by atoms with Crippen molar-refractivity contribution in [3.05, 3.63) is 30.1 Å². The van der Waals surface area contributed by atoms with Gasteiger partial charge in [-0.1, -0.05) is 6.08 Å². The molecule has 0 atom stereocenters. The van der Waals surface area contributed by atoms with Gasteiger partial charge in [0.2, 0.25) is 5.91 Å². The van der Waals surface area contributed by atoms with Crippen LogP contribution in [0.3, 0.4) is 0 Å². The highest BCUT2D eigenvalue weighted by molar-refractivity contribution is 5.92. The molecule has 0 unspecified atom stereocenters. The van der Waals surface area contributed by atoms with Crippen molar-refractivity contribution in [2.75, 3.05) is 19.6 Å². The monoisotopic (exact) mass is 288 g/mol. The Morgan fingerprint density at radius 1 is 1.19 bits per heavy atom. The summed E-state index contributed by atoms with van der Waals surface area (Å²) >= 11 is 0. The van der Waals surface area contributed by atoms with E-state index in [1.54, 1.807) is 11.0 Å². The van der Waals surface area contributed by atoms with E-state index < -0.39 is 0 Å². The van der Waals surface area contributed by atoms with Gasteiger partial charge in [0.1, 0.15) is 0 Å². The molecule has 1 aromatic heterocycles. The molecule has 0 radical (unpaired) electrons. The Morgan fingerprint density at radius 2 is 1.95 bits per heavy atom. The third-order valence-electron chi connectivity index (χ3n) is 4.08. The predicted octanol–water partition coefficient (Wildman–Crippen LogP) is 1.04. The number of amides is 2. The fraction of sp³-hybridized carbons (Fsp3) is 0.533. The van der Waals surface area contributed by atoms with Gasteiger partial charge in [0.05, 0.1) is 18.8 Å². The minimum atomic E-state index is 0.0124. The largest absolute Gasteiger partial charge is 0.337 e. The van der Waals surface area contributed by atoms with E-state index in [9.17, 15) is 9.59 Å². The molecule has 0 saturated carbocycles. The van der Waals surface area contributed by atoms with Crippen molar-refractivity contribution in [3.63, 3.8) is 0 Å². The van der Waals surface area contributed by atoms with E-state index in [1.807, 2.05) is 15.6 Å². The van der Waals surface area contributed by atoms with E-state index in [0.717, 1.165) is 31.6 Å².